The summed E-state index contributed by atoms with van der Waals surface area (Å²) in [5, 5.41) is 9.27. The van der Waals surface area contributed by atoms with E-state index in [-0.39, 0.29) is 24.8 Å². The largest absolute Gasteiger partial charge is 0.496 e. The normalized spacial score (nSPS) is 14.8. The van der Waals surface area contributed by atoms with Crippen LogP contribution < -0.4 is 9.47 Å². The summed E-state index contributed by atoms with van der Waals surface area (Å²) in [4.78, 5) is 25.4. The van der Waals surface area contributed by atoms with Gasteiger partial charge in [-0.3, -0.25) is 9.59 Å². The lowest BCUT2D eigenvalue weighted by atomic mass is 10.0. The van der Waals surface area contributed by atoms with Crippen molar-refractivity contribution in [2.45, 2.75) is 32.1 Å². The molecule has 1 aliphatic heterocycles. The van der Waals surface area contributed by atoms with E-state index in [1.54, 1.807) is 24.3 Å². The van der Waals surface area contributed by atoms with Crippen LogP contribution >= 0.6 is 0 Å². The van der Waals surface area contributed by atoms with E-state index in [9.17, 15) is 23.5 Å². The summed E-state index contributed by atoms with van der Waals surface area (Å²) in [5.41, 5.74) is 2.67. The van der Waals surface area contributed by atoms with Crippen molar-refractivity contribution in [2.75, 3.05) is 20.3 Å². The van der Waals surface area contributed by atoms with Crippen molar-refractivity contribution in [3.8, 4) is 22.6 Å². The zero-order valence-corrected chi connectivity index (χ0v) is 20.3. The van der Waals surface area contributed by atoms with Crippen molar-refractivity contribution >= 4 is 11.9 Å². The molecule has 0 radical (unpaired) electrons. The van der Waals surface area contributed by atoms with Crippen LogP contribution in [0.3, 0.4) is 0 Å². The summed E-state index contributed by atoms with van der Waals surface area (Å²) in [6, 6.07) is 16.4. The van der Waals surface area contributed by atoms with E-state index in [0.29, 0.717) is 29.9 Å². The van der Waals surface area contributed by atoms with Crippen molar-refractivity contribution in [1.82, 2.24) is 4.90 Å². The number of amides is 1. The number of rotatable bonds is 10. The van der Waals surface area contributed by atoms with E-state index in [1.807, 2.05) is 24.3 Å². The molecule has 1 heterocycles. The number of hydrogen-bond acceptors (Lipinski definition) is 5. The standard InChI is InChI=1S/C28H27F2NO6/c1-35-26-14-24(30)23(29)13-22(26)20-7-9-21(10-8-20)37-17-19-5-2-4-18(12-19)15-31(16-27(32)33)28(34)25-6-3-11-36-25/h2,4-5,7-10,12-14,25H,3,6,11,15-17H2,1H3,(H,32,33)/t25-/m1/s1. The van der Waals surface area contributed by atoms with E-state index >= 15 is 0 Å². The lowest BCUT2D eigenvalue weighted by Gasteiger charge is -2.24. The molecule has 3 aromatic rings. The van der Waals surface area contributed by atoms with E-state index in [4.69, 9.17) is 14.2 Å². The van der Waals surface area contributed by atoms with Gasteiger partial charge in [-0.15, -0.1) is 0 Å². The molecular weight excluding hydrogens is 484 g/mol. The quantitative estimate of drug-likeness (QED) is 0.421. The highest BCUT2D eigenvalue weighted by Crippen LogP contribution is 2.33. The van der Waals surface area contributed by atoms with Crippen LogP contribution in [-0.2, 0) is 27.5 Å². The average molecular weight is 512 g/mol. The summed E-state index contributed by atoms with van der Waals surface area (Å²) in [7, 11) is 1.39. The molecule has 3 aromatic carbocycles. The third-order valence-electron chi connectivity index (χ3n) is 6.02. The molecule has 7 nitrogen and oxygen atoms in total. The Balaban J connectivity index is 1.41. The number of carbonyl (C=O) groups is 2. The second kappa shape index (κ2) is 11.8. The molecule has 194 valence electrons. The fourth-order valence-corrected chi connectivity index (χ4v) is 4.21. The number of carboxylic acid groups (broad SMARTS) is 1. The number of halogens is 2. The lowest BCUT2D eigenvalue weighted by molar-refractivity contribution is -0.149. The molecule has 1 N–H and O–H groups in total. The highest BCUT2D eigenvalue weighted by Gasteiger charge is 2.29. The summed E-state index contributed by atoms with van der Waals surface area (Å²) < 4.78 is 43.8. The molecule has 0 aromatic heterocycles. The molecule has 4 rings (SSSR count). The average Bonchev–Trinajstić information content (AvgIpc) is 3.43. The van der Waals surface area contributed by atoms with Crippen LogP contribution in [0.4, 0.5) is 8.78 Å². The van der Waals surface area contributed by atoms with E-state index in [1.165, 1.54) is 12.0 Å². The molecule has 1 atom stereocenters. The topological polar surface area (TPSA) is 85.3 Å². The van der Waals surface area contributed by atoms with Crippen LogP contribution in [0, 0.1) is 11.6 Å². The number of aliphatic carboxylic acids is 1. The molecule has 0 bridgehead atoms. The van der Waals surface area contributed by atoms with Crippen LogP contribution in [0.15, 0.2) is 60.7 Å². The molecule has 1 aliphatic rings. The molecule has 0 saturated carbocycles. The number of benzene rings is 3. The zero-order chi connectivity index (χ0) is 26.4. The van der Waals surface area contributed by atoms with Gasteiger partial charge in [-0.1, -0.05) is 36.4 Å². The number of nitrogens with zero attached hydrogens (tertiary/aromatic N) is 1. The first kappa shape index (κ1) is 26.1. The molecule has 0 aliphatic carbocycles. The molecule has 9 heteroatoms. The first-order valence-electron chi connectivity index (χ1n) is 11.8. The van der Waals surface area contributed by atoms with Gasteiger partial charge in [0.25, 0.3) is 5.91 Å². The van der Waals surface area contributed by atoms with Crippen LogP contribution in [0.25, 0.3) is 11.1 Å². The Bertz CT molecular complexity index is 1260. The second-order valence-electron chi connectivity index (χ2n) is 8.69. The Morgan fingerprint density at radius 1 is 1.05 bits per heavy atom. The molecule has 1 fully saturated rings. The maximum atomic E-state index is 13.8. The van der Waals surface area contributed by atoms with Crippen molar-refractivity contribution < 1.29 is 37.7 Å². The van der Waals surface area contributed by atoms with Gasteiger partial charge in [-0.05, 0) is 47.7 Å². The Labute approximate surface area is 213 Å². The molecule has 0 unspecified atom stereocenters. The summed E-state index contributed by atoms with van der Waals surface area (Å²) in [5.74, 6) is -2.56. The van der Waals surface area contributed by atoms with Gasteiger partial charge in [-0.2, -0.15) is 0 Å². The molecular formula is C28H27F2NO6. The smallest absolute Gasteiger partial charge is 0.323 e. The van der Waals surface area contributed by atoms with Crippen molar-refractivity contribution in [3.05, 3.63) is 83.4 Å². The Morgan fingerprint density at radius 2 is 1.78 bits per heavy atom. The number of carbonyl (C=O) groups excluding carboxylic acids is 1. The molecule has 0 spiro atoms. The first-order valence-corrected chi connectivity index (χ1v) is 11.8. The van der Waals surface area contributed by atoms with Crippen LogP contribution in [0.2, 0.25) is 0 Å². The van der Waals surface area contributed by atoms with Crippen LogP contribution in [0.1, 0.15) is 24.0 Å². The minimum absolute atomic E-state index is 0.142. The third-order valence-corrected chi connectivity index (χ3v) is 6.02. The molecule has 1 saturated heterocycles. The Hall–Kier alpha value is -3.98. The minimum Gasteiger partial charge on any atom is -0.496 e. The predicted molar refractivity (Wildman–Crippen MR) is 131 cm³/mol. The van der Waals surface area contributed by atoms with E-state index in [0.717, 1.165) is 29.7 Å². The monoisotopic (exact) mass is 511 g/mol. The van der Waals surface area contributed by atoms with Gasteiger partial charge >= 0.3 is 5.97 Å². The second-order valence-corrected chi connectivity index (χ2v) is 8.69. The molecule has 1 amide bonds. The van der Waals surface area contributed by atoms with Gasteiger partial charge in [0.15, 0.2) is 11.6 Å². The minimum atomic E-state index is -1.09. The number of methoxy groups -OCH3 is 1. The first-order chi connectivity index (χ1) is 17.8. The number of ether oxygens (including phenoxy) is 3. The maximum absolute atomic E-state index is 13.8. The van der Waals surface area contributed by atoms with Gasteiger partial charge in [0.05, 0.1) is 7.11 Å². The van der Waals surface area contributed by atoms with E-state index in [2.05, 4.69) is 0 Å². The maximum Gasteiger partial charge on any atom is 0.323 e. The van der Waals surface area contributed by atoms with Crippen molar-refractivity contribution in [1.29, 1.82) is 0 Å². The Kier molecular flexibility index (Phi) is 8.35. The SMILES string of the molecule is COc1cc(F)c(F)cc1-c1ccc(OCc2cccc(CN(CC(=O)O)C(=O)[C@H]3CCCO3)c2)cc1. The molecule has 37 heavy (non-hydrogen) atoms. The summed E-state index contributed by atoms with van der Waals surface area (Å²) in [6.07, 6.45) is 0.768. The van der Waals surface area contributed by atoms with Crippen LogP contribution in [-0.4, -0.2) is 48.2 Å². The van der Waals surface area contributed by atoms with E-state index < -0.39 is 30.3 Å². The third kappa shape index (κ3) is 6.62. The zero-order valence-electron chi connectivity index (χ0n) is 20.3. The predicted octanol–water partition coefficient (Wildman–Crippen LogP) is 4.81. The van der Waals surface area contributed by atoms with Gasteiger partial charge in [0, 0.05) is 24.8 Å². The number of carboxylic acids is 1. The highest BCUT2D eigenvalue weighted by molar-refractivity contribution is 5.84. The highest BCUT2D eigenvalue weighted by atomic mass is 19.2. The van der Waals surface area contributed by atoms with Gasteiger partial charge < -0.3 is 24.2 Å². The van der Waals surface area contributed by atoms with Gasteiger partial charge in [-0.25, -0.2) is 8.78 Å². The van der Waals surface area contributed by atoms with Gasteiger partial charge in [0.2, 0.25) is 0 Å². The summed E-state index contributed by atoms with van der Waals surface area (Å²) >= 11 is 0. The fourth-order valence-electron chi connectivity index (χ4n) is 4.21. The fraction of sp³-hybridized carbons (Fsp3) is 0.286. The number of hydrogen-bond donors (Lipinski definition) is 1. The van der Waals surface area contributed by atoms with Gasteiger partial charge in [0.1, 0.15) is 30.8 Å². The van der Waals surface area contributed by atoms with Crippen molar-refractivity contribution in [2.24, 2.45) is 0 Å². The lowest BCUT2D eigenvalue weighted by Crippen LogP contribution is -2.41. The Morgan fingerprint density at radius 3 is 2.46 bits per heavy atom. The summed E-state index contributed by atoms with van der Waals surface area (Å²) in [6.45, 7) is 0.470. The van der Waals surface area contributed by atoms with Crippen LogP contribution in [0.5, 0.6) is 11.5 Å². The van der Waals surface area contributed by atoms with Crippen molar-refractivity contribution in [3.63, 3.8) is 0 Å².